The zero-order valence-electron chi connectivity index (χ0n) is 18.6. The maximum absolute atomic E-state index is 12.7. The van der Waals surface area contributed by atoms with Crippen LogP contribution in [0.5, 0.6) is 0 Å². The molecule has 2 heterocycles. The van der Waals surface area contributed by atoms with E-state index in [2.05, 4.69) is 15.5 Å². The first-order valence-electron chi connectivity index (χ1n) is 10.7. The van der Waals surface area contributed by atoms with Gasteiger partial charge < -0.3 is 14.6 Å². The highest BCUT2D eigenvalue weighted by Gasteiger charge is 2.26. The van der Waals surface area contributed by atoms with Gasteiger partial charge in [-0.3, -0.25) is 4.79 Å². The topological polar surface area (TPSA) is 115 Å². The van der Waals surface area contributed by atoms with Crippen LogP contribution in [0.2, 0.25) is 0 Å². The third-order valence-corrected chi connectivity index (χ3v) is 7.33. The van der Waals surface area contributed by atoms with E-state index in [0.29, 0.717) is 50.0 Å². The summed E-state index contributed by atoms with van der Waals surface area (Å²) >= 11 is 0. The first-order chi connectivity index (χ1) is 15.8. The van der Waals surface area contributed by atoms with Crippen LogP contribution in [0.15, 0.2) is 51.9 Å². The fraction of sp³-hybridized carbons (Fsp3) is 0.348. The highest BCUT2D eigenvalue weighted by molar-refractivity contribution is 7.89. The molecule has 1 fully saturated rings. The molecule has 0 unspecified atom stereocenters. The Morgan fingerprint density at radius 2 is 1.82 bits per heavy atom. The molecule has 1 N–H and O–H groups in total. The number of morpholine rings is 1. The molecule has 1 aliphatic rings. The van der Waals surface area contributed by atoms with E-state index in [1.165, 1.54) is 16.4 Å². The summed E-state index contributed by atoms with van der Waals surface area (Å²) in [5.74, 6) is 0.544. The molecular formula is C23H26N4O5S. The maximum atomic E-state index is 12.7. The van der Waals surface area contributed by atoms with Gasteiger partial charge >= 0.3 is 0 Å². The van der Waals surface area contributed by atoms with Gasteiger partial charge in [-0.1, -0.05) is 17.3 Å². The summed E-state index contributed by atoms with van der Waals surface area (Å²) in [6.45, 7) is 5.39. The van der Waals surface area contributed by atoms with Crippen LogP contribution in [0.25, 0.3) is 11.4 Å². The average Bonchev–Trinajstić information content (AvgIpc) is 3.30. The lowest BCUT2D eigenvalue weighted by Crippen LogP contribution is -2.40. The van der Waals surface area contributed by atoms with E-state index in [4.69, 9.17) is 9.26 Å². The minimum atomic E-state index is -3.56. The average molecular weight is 471 g/mol. The van der Waals surface area contributed by atoms with Gasteiger partial charge in [0.1, 0.15) is 0 Å². The molecule has 1 amide bonds. The number of anilines is 1. The number of nitrogens with zero attached hydrogens (tertiary/aromatic N) is 3. The van der Waals surface area contributed by atoms with Gasteiger partial charge in [-0.25, -0.2) is 8.42 Å². The number of aryl methyl sites for hydroxylation is 3. The van der Waals surface area contributed by atoms with Crippen LogP contribution in [0.1, 0.15) is 23.4 Å². The number of hydrogen-bond acceptors (Lipinski definition) is 7. The van der Waals surface area contributed by atoms with Crippen molar-refractivity contribution in [2.45, 2.75) is 31.6 Å². The Hall–Kier alpha value is -3.08. The van der Waals surface area contributed by atoms with E-state index >= 15 is 0 Å². The van der Waals surface area contributed by atoms with Gasteiger partial charge in [-0.05, 0) is 55.3 Å². The van der Waals surface area contributed by atoms with Crippen molar-refractivity contribution in [3.8, 4) is 11.4 Å². The minimum absolute atomic E-state index is 0.138. The van der Waals surface area contributed by atoms with Gasteiger partial charge in [0.05, 0.1) is 18.1 Å². The van der Waals surface area contributed by atoms with E-state index in [0.717, 1.165) is 16.8 Å². The van der Waals surface area contributed by atoms with E-state index in [-0.39, 0.29) is 17.2 Å². The Labute approximate surface area is 192 Å². The Balaban J connectivity index is 1.37. The maximum Gasteiger partial charge on any atom is 0.243 e. The van der Waals surface area contributed by atoms with Crippen LogP contribution in [0, 0.1) is 13.8 Å². The highest BCUT2D eigenvalue weighted by atomic mass is 32.2. The van der Waals surface area contributed by atoms with Crippen molar-refractivity contribution in [1.82, 2.24) is 14.4 Å². The quantitative estimate of drug-likeness (QED) is 0.565. The monoisotopic (exact) mass is 470 g/mol. The number of hydrogen-bond donors (Lipinski definition) is 1. The molecule has 4 rings (SSSR count). The third kappa shape index (κ3) is 5.47. The number of sulfonamides is 1. The summed E-state index contributed by atoms with van der Waals surface area (Å²) in [5, 5.41) is 6.87. The molecule has 0 radical (unpaired) electrons. The van der Waals surface area contributed by atoms with E-state index in [1.807, 2.05) is 32.0 Å². The summed E-state index contributed by atoms with van der Waals surface area (Å²) in [6, 6.07) is 12.3. The Kier molecular flexibility index (Phi) is 6.87. The first-order valence-corrected chi connectivity index (χ1v) is 12.1. The van der Waals surface area contributed by atoms with Crippen molar-refractivity contribution in [2.24, 2.45) is 0 Å². The highest BCUT2D eigenvalue weighted by Crippen LogP contribution is 2.22. The van der Waals surface area contributed by atoms with Crippen molar-refractivity contribution in [1.29, 1.82) is 0 Å². The third-order valence-electron chi connectivity index (χ3n) is 5.42. The largest absolute Gasteiger partial charge is 0.379 e. The lowest BCUT2D eigenvalue weighted by molar-refractivity contribution is -0.116. The lowest BCUT2D eigenvalue weighted by atomic mass is 10.1. The Bertz CT molecular complexity index is 1230. The van der Waals surface area contributed by atoms with Gasteiger partial charge in [-0.15, -0.1) is 0 Å². The van der Waals surface area contributed by atoms with Crippen LogP contribution in [0.3, 0.4) is 0 Å². The van der Waals surface area contributed by atoms with Gasteiger partial charge in [0.2, 0.25) is 27.6 Å². The number of aromatic nitrogens is 2. The number of ether oxygens (including phenoxy) is 1. The van der Waals surface area contributed by atoms with Crippen LogP contribution in [-0.2, 0) is 26.0 Å². The van der Waals surface area contributed by atoms with Crippen molar-refractivity contribution < 1.29 is 22.5 Å². The van der Waals surface area contributed by atoms with Crippen molar-refractivity contribution in [2.75, 3.05) is 31.6 Å². The number of nitrogens with one attached hydrogen (secondary N) is 1. The summed E-state index contributed by atoms with van der Waals surface area (Å²) < 4.78 is 37.4. The smallest absolute Gasteiger partial charge is 0.243 e. The second-order valence-electron chi connectivity index (χ2n) is 7.92. The normalized spacial score (nSPS) is 14.8. The van der Waals surface area contributed by atoms with Crippen LogP contribution in [0.4, 0.5) is 5.69 Å². The van der Waals surface area contributed by atoms with Crippen LogP contribution in [-0.4, -0.2) is 55.1 Å². The molecule has 0 atom stereocenters. The van der Waals surface area contributed by atoms with Gasteiger partial charge in [0.25, 0.3) is 0 Å². The first kappa shape index (κ1) is 23.1. The molecule has 2 aromatic carbocycles. The minimum Gasteiger partial charge on any atom is -0.379 e. The number of benzene rings is 2. The molecule has 33 heavy (non-hydrogen) atoms. The fourth-order valence-electron chi connectivity index (χ4n) is 3.49. The molecule has 3 aromatic rings. The van der Waals surface area contributed by atoms with Gasteiger partial charge in [0.15, 0.2) is 0 Å². The molecular weight excluding hydrogens is 444 g/mol. The van der Waals surface area contributed by atoms with Crippen molar-refractivity contribution >= 4 is 21.6 Å². The molecule has 0 bridgehead atoms. The predicted octanol–water partition coefficient (Wildman–Crippen LogP) is 2.95. The lowest BCUT2D eigenvalue weighted by Gasteiger charge is -2.26. The van der Waals surface area contributed by atoms with Crippen molar-refractivity contribution in [3.63, 3.8) is 0 Å². The molecule has 174 valence electrons. The fourth-order valence-corrected chi connectivity index (χ4v) is 4.90. The number of carbonyl (C=O) groups excluding carboxylic acids is 1. The zero-order valence-corrected chi connectivity index (χ0v) is 19.4. The van der Waals surface area contributed by atoms with E-state index in [1.54, 1.807) is 12.1 Å². The number of amides is 1. The summed E-state index contributed by atoms with van der Waals surface area (Å²) in [6.07, 6.45) is 0.499. The van der Waals surface area contributed by atoms with Gasteiger partial charge in [0, 0.05) is 37.2 Å². The predicted molar refractivity (Wildman–Crippen MR) is 122 cm³/mol. The zero-order chi connectivity index (χ0) is 23.4. The second kappa shape index (κ2) is 9.82. The number of rotatable bonds is 7. The van der Waals surface area contributed by atoms with Crippen LogP contribution >= 0.6 is 0 Å². The molecule has 1 aliphatic heterocycles. The SMILES string of the molecule is Cc1ccc(C)c(NC(=O)CCc2nc(-c3ccc(S(=O)(=O)N4CCOCC4)cc3)no2)c1. The molecule has 1 aromatic heterocycles. The molecule has 10 heteroatoms. The molecule has 9 nitrogen and oxygen atoms in total. The molecule has 1 saturated heterocycles. The van der Waals surface area contributed by atoms with Gasteiger partial charge in [-0.2, -0.15) is 9.29 Å². The molecule has 0 saturated carbocycles. The second-order valence-corrected chi connectivity index (χ2v) is 9.86. The van der Waals surface area contributed by atoms with Crippen LogP contribution < -0.4 is 5.32 Å². The summed E-state index contributed by atoms with van der Waals surface area (Å²) in [5.41, 5.74) is 3.48. The summed E-state index contributed by atoms with van der Waals surface area (Å²) in [7, 11) is -3.56. The molecule has 0 aliphatic carbocycles. The van der Waals surface area contributed by atoms with E-state index < -0.39 is 10.0 Å². The molecule has 0 spiro atoms. The van der Waals surface area contributed by atoms with E-state index in [9.17, 15) is 13.2 Å². The Morgan fingerprint density at radius 3 is 2.55 bits per heavy atom. The Morgan fingerprint density at radius 1 is 1.09 bits per heavy atom. The standard InChI is InChI=1S/C23H26N4O5S/c1-16-3-4-17(2)20(15-16)24-21(28)9-10-22-25-23(26-32-22)18-5-7-19(8-6-18)33(29,30)27-11-13-31-14-12-27/h3-8,15H,9-14H2,1-2H3,(H,24,28). The van der Waals surface area contributed by atoms with Crippen molar-refractivity contribution in [3.05, 3.63) is 59.5 Å². The number of carbonyl (C=O) groups is 1. The summed E-state index contributed by atoms with van der Waals surface area (Å²) in [4.78, 5) is 16.9.